The van der Waals surface area contributed by atoms with E-state index in [0.29, 0.717) is 17.9 Å². The normalized spacial score (nSPS) is 11.3. The number of nitrogens with zero attached hydrogens (tertiary/aromatic N) is 1. The van der Waals surface area contributed by atoms with Gasteiger partial charge in [0, 0.05) is 14.1 Å². The molecule has 1 atom stereocenters. The van der Waals surface area contributed by atoms with Crippen molar-refractivity contribution in [1.29, 1.82) is 0 Å². The van der Waals surface area contributed by atoms with Crippen LogP contribution in [0.4, 0.5) is 0 Å². The van der Waals surface area contributed by atoms with E-state index in [2.05, 4.69) is 10.6 Å². The van der Waals surface area contributed by atoms with Crippen LogP contribution in [-0.4, -0.2) is 67.9 Å². The van der Waals surface area contributed by atoms with Crippen LogP contribution in [-0.2, 0) is 14.4 Å². The second-order valence-electron chi connectivity index (χ2n) is 5.51. The smallest absolute Gasteiger partial charge is 0.258 e. The van der Waals surface area contributed by atoms with Crippen molar-refractivity contribution < 1.29 is 19.1 Å². The Labute approximate surface area is 152 Å². The molecule has 0 aliphatic carbocycles. The molecule has 1 aromatic carbocycles. The first-order valence-corrected chi connectivity index (χ1v) is 9.27. The van der Waals surface area contributed by atoms with Crippen LogP contribution in [0.2, 0.25) is 0 Å². The molecule has 0 unspecified atom stereocenters. The standard InChI is InChI=1S/C17H25N3O4S/c1-20(2)16(22)11-18-17(23)14(9-10-25-3)19-15(21)12-24-13-7-5-4-6-8-13/h4-8,14H,9-12H2,1-3H3,(H,18,23)(H,19,21)/t14-/m1/s1. The van der Waals surface area contributed by atoms with Crippen molar-refractivity contribution in [1.82, 2.24) is 15.5 Å². The quantitative estimate of drug-likeness (QED) is 0.629. The number of thioether (sulfide) groups is 1. The molecule has 1 rings (SSSR count). The first kappa shape index (κ1) is 20.8. The molecule has 0 radical (unpaired) electrons. The summed E-state index contributed by atoms with van der Waals surface area (Å²) in [6, 6.07) is 8.27. The van der Waals surface area contributed by atoms with E-state index >= 15 is 0 Å². The molecule has 2 N–H and O–H groups in total. The molecule has 0 aliphatic heterocycles. The van der Waals surface area contributed by atoms with Gasteiger partial charge in [0.1, 0.15) is 11.8 Å². The summed E-state index contributed by atoms with van der Waals surface area (Å²) in [6.45, 7) is -0.276. The lowest BCUT2D eigenvalue weighted by Gasteiger charge is -2.19. The average Bonchev–Trinajstić information content (AvgIpc) is 2.61. The third-order valence-corrected chi connectivity index (χ3v) is 3.93. The highest BCUT2D eigenvalue weighted by molar-refractivity contribution is 7.98. The van der Waals surface area contributed by atoms with Crippen LogP contribution >= 0.6 is 11.8 Å². The summed E-state index contributed by atoms with van der Waals surface area (Å²) < 4.78 is 5.37. The molecule has 0 heterocycles. The van der Waals surface area contributed by atoms with E-state index < -0.39 is 6.04 Å². The van der Waals surface area contributed by atoms with E-state index in [9.17, 15) is 14.4 Å². The SMILES string of the molecule is CSCC[C@@H](NC(=O)COc1ccccc1)C(=O)NCC(=O)N(C)C. The molecule has 8 heteroatoms. The number of ether oxygens (including phenoxy) is 1. The van der Waals surface area contributed by atoms with Crippen molar-refractivity contribution >= 4 is 29.5 Å². The average molecular weight is 367 g/mol. The molecule has 0 saturated carbocycles. The minimum Gasteiger partial charge on any atom is -0.484 e. The van der Waals surface area contributed by atoms with Gasteiger partial charge < -0.3 is 20.3 Å². The zero-order valence-electron chi connectivity index (χ0n) is 14.8. The second-order valence-corrected chi connectivity index (χ2v) is 6.49. The van der Waals surface area contributed by atoms with Crippen molar-refractivity contribution in [2.24, 2.45) is 0 Å². The highest BCUT2D eigenvalue weighted by Gasteiger charge is 2.21. The van der Waals surface area contributed by atoms with E-state index in [4.69, 9.17) is 4.74 Å². The fraction of sp³-hybridized carbons (Fsp3) is 0.471. The Kier molecular flexibility index (Phi) is 9.46. The first-order chi connectivity index (χ1) is 11.9. The number of benzene rings is 1. The largest absolute Gasteiger partial charge is 0.484 e. The number of nitrogens with one attached hydrogen (secondary N) is 2. The Morgan fingerprint density at radius 3 is 2.48 bits per heavy atom. The minimum absolute atomic E-state index is 0.0992. The van der Waals surface area contributed by atoms with Crippen molar-refractivity contribution in [3.05, 3.63) is 30.3 Å². The van der Waals surface area contributed by atoms with Gasteiger partial charge in [0.05, 0.1) is 6.54 Å². The Hall–Kier alpha value is -2.22. The van der Waals surface area contributed by atoms with Gasteiger partial charge >= 0.3 is 0 Å². The van der Waals surface area contributed by atoms with Crippen LogP contribution in [0.3, 0.4) is 0 Å². The molecule has 7 nitrogen and oxygen atoms in total. The maximum Gasteiger partial charge on any atom is 0.258 e. The van der Waals surface area contributed by atoms with Gasteiger partial charge in [0.15, 0.2) is 6.61 Å². The molecule has 0 bridgehead atoms. The van der Waals surface area contributed by atoms with Gasteiger partial charge in [0.25, 0.3) is 5.91 Å². The number of para-hydroxylation sites is 1. The highest BCUT2D eigenvalue weighted by Crippen LogP contribution is 2.08. The van der Waals surface area contributed by atoms with Gasteiger partial charge in [-0.05, 0) is 30.6 Å². The van der Waals surface area contributed by atoms with E-state index in [1.807, 2.05) is 24.5 Å². The third-order valence-electron chi connectivity index (χ3n) is 3.29. The van der Waals surface area contributed by atoms with Gasteiger partial charge in [-0.25, -0.2) is 0 Å². The van der Waals surface area contributed by atoms with E-state index in [1.54, 1.807) is 38.0 Å². The zero-order valence-corrected chi connectivity index (χ0v) is 15.6. The van der Waals surface area contributed by atoms with E-state index in [-0.39, 0.29) is 30.9 Å². The molecule has 1 aromatic rings. The fourth-order valence-electron chi connectivity index (χ4n) is 1.85. The Morgan fingerprint density at radius 2 is 1.88 bits per heavy atom. The number of carbonyl (C=O) groups excluding carboxylic acids is 3. The van der Waals surface area contributed by atoms with Gasteiger partial charge in [-0.15, -0.1) is 0 Å². The van der Waals surface area contributed by atoms with Crippen LogP contribution in [0.1, 0.15) is 6.42 Å². The molecule has 0 saturated heterocycles. The van der Waals surface area contributed by atoms with Gasteiger partial charge in [-0.2, -0.15) is 11.8 Å². The van der Waals surface area contributed by atoms with Crippen LogP contribution in [0.15, 0.2) is 30.3 Å². The molecule has 0 fully saturated rings. The van der Waals surface area contributed by atoms with E-state index in [0.717, 1.165) is 0 Å². The summed E-state index contributed by atoms with van der Waals surface area (Å²) in [5.74, 6) is 0.316. The third kappa shape index (κ3) is 8.44. The summed E-state index contributed by atoms with van der Waals surface area (Å²) in [5.41, 5.74) is 0. The number of hydrogen-bond acceptors (Lipinski definition) is 5. The van der Waals surface area contributed by atoms with Gasteiger partial charge in [-0.3, -0.25) is 14.4 Å². The molecule has 3 amide bonds. The summed E-state index contributed by atoms with van der Waals surface area (Å²) in [4.78, 5) is 37.2. The Morgan fingerprint density at radius 1 is 1.20 bits per heavy atom. The summed E-state index contributed by atoms with van der Waals surface area (Å²) in [6.07, 6.45) is 2.39. The topological polar surface area (TPSA) is 87.7 Å². The molecule has 0 spiro atoms. The van der Waals surface area contributed by atoms with Gasteiger partial charge in [-0.1, -0.05) is 18.2 Å². The molecule has 0 aliphatic rings. The number of carbonyl (C=O) groups is 3. The lowest BCUT2D eigenvalue weighted by atomic mass is 10.2. The first-order valence-electron chi connectivity index (χ1n) is 7.88. The summed E-state index contributed by atoms with van der Waals surface area (Å²) in [7, 11) is 3.23. The second kappa shape index (κ2) is 11.4. The minimum atomic E-state index is -0.700. The Bertz CT molecular complexity index is 566. The molecule has 138 valence electrons. The van der Waals surface area contributed by atoms with Crippen molar-refractivity contribution in [2.75, 3.05) is 39.3 Å². The van der Waals surface area contributed by atoms with Crippen LogP contribution in [0.5, 0.6) is 5.75 Å². The Balaban J connectivity index is 2.51. The van der Waals surface area contributed by atoms with E-state index in [1.165, 1.54) is 4.90 Å². The summed E-state index contributed by atoms with van der Waals surface area (Å²) in [5, 5.41) is 5.22. The fourth-order valence-corrected chi connectivity index (χ4v) is 2.32. The molecule has 25 heavy (non-hydrogen) atoms. The monoisotopic (exact) mass is 367 g/mol. The lowest BCUT2D eigenvalue weighted by molar-refractivity contribution is -0.133. The maximum atomic E-state index is 12.2. The summed E-state index contributed by atoms with van der Waals surface area (Å²) >= 11 is 1.58. The molecular formula is C17H25N3O4S. The van der Waals surface area contributed by atoms with Crippen LogP contribution in [0, 0.1) is 0 Å². The van der Waals surface area contributed by atoms with Crippen molar-refractivity contribution in [2.45, 2.75) is 12.5 Å². The van der Waals surface area contributed by atoms with Crippen molar-refractivity contribution in [3.63, 3.8) is 0 Å². The molecular weight excluding hydrogens is 342 g/mol. The predicted octanol–water partition coefficient (Wildman–Crippen LogP) is 0.508. The predicted molar refractivity (Wildman–Crippen MR) is 98.6 cm³/mol. The number of rotatable bonds is 10. The number of hydrogen-bond donors (Lipinski definition) is 2. The van der Waals surface area contributed by atoms with Gasteiger partial charge in [0.2, 0.25) is 11.8 Å². The highest BCUT2D eigenvalue weighted by atomic mass is 32.2. The number of likely N-dealkylation sites (N-methyl/N-ethyl adjacent to an activating group) is 1. The molecule has 0 aromatic heterocycles. The maximum absolute atomic E-state index is 12.2. The lowest BCUT2D eigenvalue weighted by Crippen LogP contribution is -2.50. The number of amides is 3. The zero-order chi connectivity index (χ0) is 18.7. The van der Waals surface area contributed by atoms with Crippen molar-refractivity contribution in [3.8, 4) is 5.75 Å². The van der Waals surface area contributed by atoms with Crippen LogP contribution < -0.4 is 15.4 Å². The van der Waals surface area contributed by atoms with Crippen LogP contribution in [0.25, 0.3) is 0 Å².